The first kappa shape index (κ1) is 32.9. The van der Waals surface area contributed by atoms with E-state index >= 15 is 0 Å². The van der Waals surface area contributed by atoms with Crippen molar-refractivity contribution < 1.29 is 27.5 Å². The summed E-state index contributed by atoms with van der Waals surface area (Å²) in [6, 6.07) is 15.7. The van der Waals surface area contributed by atoms with Gasteiger partial charge in [-0.25, -0.2) is 18.2 Å². The van der Waals surface area contributed by atoms with Crippen LogP contribution in [0.1, 0.15) is 31.0 Å². The van der Waals surface area contributed by atoms with Gasteiger partial charge in [0, 0.05) is 43.6 Å². The van der Waals surface area contributed by atoms with E-state index in [2.05, 4.69) is 20.9 Å². The maximum Gasteiger partial charge on any atom is 0.321 e. The van der Waals surface area contributed by atoms with Gasteiger partial charge in [-0.05, 0) is 85.0 Å². The number of methoxy groups -OCH3 is 2. The van der Waals surface area contributed by atoms with Gasteiger partial charge in [-0.3, -0.25) is 4.79 Å². The minimum absolute atomic E-state index is 0.0667. The number of carbonyl (C=O) groups is 2. The number of amides is 3. The Morgan fingerprint density at radius 1 is 0.933 bits per heavy atom. The van der Waals surface area contributed by atoms with Crippen molar-refractivity contribution >= 4 is 49.7 Å². The van der Waals surface area contributed by atoms with E-state index < -0.39 is 27.0 Å². The number of nitrogens with zero attached hydrogens (tertiary/aromatic N) is 2. The van der Waals surface area contributed by atoms with Gasteiger partial charge in [-0.15, -0.1) is 0 Å². The summed E-state index contributed by atoms with van der Waals surface area (Å²) in [5, 5.41) is 9.82. The van der Waals surface area contributed by atoms with Crippen LogP contribution in [-0.2, 0) is 21.2 Å². The SMILES string of the molecule is COc1ccc([C@@H](Nc2ccc3c(N)nccc3c2)C(=O)NCc2cc(NC(=O)N(C)C)ccc2S(=O)(=O)C(C)C)cc1OC. The summed E-state index contributed by atoms with van der Waals surface area (Å²) in [6.07, 6.45) is 1.61. The van der Waals surface area contributed by atoms with E-state index in [0.29, 0.717) is 39.8 Å². The molecule has 1 atom stereocenters. The van der Waals surface area contributed by atoms with Gasteiger partial charge < -0.3 is 36.1 Å². The molecular weight excluding hydrogens is 596 g/mol. The van der Waals surface area contributed by atoms with Gasteiger partial charge in [-0.2, -0.15) is 0 Å². The summed E-state index contributed by atoms with van der Waals surface area (Å²) in [5.74, 6) is 0.882. The molecule has 0 aliphatic rings. The highest BCUT2D eigenvalue weighted by Crippen LogP contribution is 2.33. The minimum Gasteiger partial charge on any atom is -0.493 e. The van der Waals surface area contributed by atoms with Crippen molar-refractivity contribution in [2.45, 2.75) is 36.6 Å². The lowest BCUT2D eigenvalue weighted by Gasteiger charge is -2.22. The van der Waals surface area contributed by atoms with Crippen molar-refractivity contribution in [1.29, 1.82) is 0 Å². The molecule has 0 bridgehead atoms. The van der Waals surface area contributed by atoms with E-state index in [1.54, 1.807) is 64.5 Å². The number of nitrogens with two attached hydrogens (primary N) is 1. The number of urea groups is 1. The van der Waals surface area contributed by atoms with Crippen LogP contribution in [0.5, 0.6) is 11.5 Å². The molecule has 0 unspecified atom stereocenters. The molecule has 13 heteroatoms. The first-order valence-electron chi connectivity index (χ1n) is 14.1. The largest absolute Gasteiger partial charge is 0.493 e. The van der Waals surface area contributed by atoms with Crippen LogP contribution in [0.15, 0.2) is 71.8 Å². The molecule has 5 N–H and O–H groups in total. The predicted molar refractivity (Wildman–Crippen MR) is 175 cm³/mol. The summed E-state index contributed by atoms with van der Waals surface area (Å²) in [4.78, 5) is 31.8. The van der Waals surface area contributed by atoms with Crippen molar-refractivity contribution in [3.63, 3.8) is 0 Å². The number of hydrogen-bond donors (Lipinski definition) is 4. The van der Waals surface area contributed by atoms with E-state index in [4.69, 9.17) is 15.2 Å². The monoisotopic (exact) mass is 634 g/mol. The van der Waals surface area contributed by atoms with Crippen molar-refractivity contribution in [3.05, 3.63) is 78.0 Å². The molecule has 0 saturated heterocycles. The summed E-state index contributed by atoms with van der Waals surface area (Å²) in [6.45, 7) is 3.05. The van der Waals surface area contributed by atoms with Gasteiger partial charge >= 0.3 is 6.03 Å². The molecule has 238 valence electrons. The van der Waals surface area contributed by atoms with Crippen LogP contribution in [0.2, 0.25) is 0 Å². The molecule has 12 nitrogen and oxygen atoms in total. The van der Waals surface area contributed by atoms with Crippen LogP contribution in [0, 0.1) is 0 Å². The van der Waals surface area contributed by atoms with Gasteiger partial charge in [0.2, 0.25) is 5.91 Å². The fraction of sp³-hybridized carbons (Fsp3) is 0.281. The first-order chi connectivity index (χ1) is 21.3. The number of pyridine rings is 1. The predicted octanol–water partition coefficient (Wildman–Crippen LogP) is 4.58. The van der Waals surface area contributed by atoms with E-state index in [-0.39, 0.29) is 17.5 Å². The molecule has 0 fully saturated rings. The Morgan fingerprint density at radius 3 is 2.31 bits per heavy atom. The number of nitrogens with one attached hydrogen (secondary N) is 3. The molecule has 1 aromatic heterocycles. The molecule has 45 heavy (non-hydrogen) atoms. The number of hydrogen-bond acceptors (Lipinski definition) is 9. The Balaban J connectivity index is 1.71. The maximum atomic E-state index is 13.9. The second-order valence-corrected chi connectivity index (χ2v) is 13.3. The Morgan fingerprint density at radius 2 is 1.64 bits per heavy atom. The van der Waals surface area contributed by atoms with Gasteiger partial charge in [0.15, 0.2) is 21.3 Å². The fourth-order valence-electron chi connectivity index (χ4n) is 4.64. The molecule has 0 aliphatic heterocycles. The number of rotatable bonds is 11. The highest BCUT2D eigenvalue weighted by molar-refractivity contribution is 7.92. The Kier molecular flexibility index (Phi) is 10.0. The van der Waals surface area contributed by atoms with Crippen molar-refractivity contribution in [1.82, 2.24) is 15.2 Å². The minimum atomic E-state index is -3.71. The summed E-state index contributed by atoms with van der Waals surface area (Å²) in [5.41, 5.74) is 7.95. The van der Waals surface area contributed by atoms with Gasteiger partial charge in [0.1, 0.15) is 11.9 Å². The third kappa shape index (κ3) is 7.37. The molecule has 0 aliphatic carbocycles. The standard InChI is InChI=1S/C32H38N6O6S/c1-19(2)45(41,42)28-12-9-24(37-32(40)38(3)4)16-22(28)18-35-31(39)29(21-7-11-26(43-5)27(17-21)44-6)36-23-8-10-25-20(15-23)13-14-34-30(25)33/h7-17,19,29,36H,18H2,1-6H3,(H2,33,34)(H,35,39)(H,37,40)/t29-/m1/s1. The number of anilines is 3. The molecule has 3 amide bonds. The van der Waals surface area contributed by atoms with Crippen molar-refractivity contribution in [3.8, 4) is 11.5 Å². The van der Waals surface area contributed by atoms with E-state index in [9.17, 15) is 18.0 Å². The molecule has 0 saturated carbocycles. The summed E-state index contributed by atoms with van der Waals surface area (Å²) < 4.78 is 37.3. The smallest absolute Gasteiger partial charge is 0.321 e. The van der Waals surface area contributed by atoms with Crippen LogP contribution in [0.25, 0.3) is 10.8 Å². The molecular formula is C32H38N6O6S. The van der Waals surface area contributed by atoms with Crippen LogP contribution in [-0.4, -0.2) is 63.8 Å². The zero-order chi connectivity index (χ0) is 32.9. The van der Waals surface area contributed by atoms with E-state index in [1.165, 1.54) is 31.3 Å². The Bertz CT molecular complexity index is 1830. The van der Waals surface area contributed by atoms with Crippen LogP contribution >= 0.6 is 0 Å². The highest BCUT2D eigenvalue weighted by atomic mass is 32.2. The van der Waals surface area contributed by atoms with Gasteiger partial charge in [0.05, 0.1) is 24.4 Å². The number of sulfone groups is 1. The average molecular weight is 635 g/mol. The van der Waals surface area contributed by atoms with Crippen LogP contribution in [0.3, 0.4) is 0 Å². The zero-order valence-corrected chi connectivity index (χ0v) is 26.9. The highest BCUT2D eigenvalue weighted by Gasteiger charge is 2.26. The Labute approximate surface area is 262 Å². The second-order valence-electron chi connectivity index (χ2n) is 10.8. The third-order valence-electron chi connectivity index (χ3n) is 7.21. The van der Waals surface area contributed by atoms with Crippen molar-refractivity contribution in [2.24, 2.45) is 0 Å². The number of nitrogen functional groups attached to an aromatic ring is 1. The van der Waals surface area contributed by atoms with Crippen molar-refractivity contribution in [2.75, 3.05) is 44.7 Å². The number of aromatic nitrogens is 1. The molecule has 0 spiro atoms. The third-order valence-corrected chi connectivity index (χ3v) is 9.46. The number of ether oxygens (including phenoxy) is 2. The fourth-order valence-corrected chi connectivity index (χ4v) is 5.90. The topological polar surface area (TPSA) is 165 Å². The average Bonchev–Trinajstić information content (AvgIpc) is 3.02. The maximum absolute atomic E-state index is 13.9. The molecule has 1 heterocycles. The summed E-state index contributed by atoms with van der Waals surface area (Å²) >= 11 is 0. The normalized spacial score (nSPS) is 12.0. The summed E-state index contributed by atoms with van der Waals surface area (Å²) in [7, 11) is 2.50. The van der Waals surface area contributed by atoms with E-state index in [0.717, 1.165) is 10.8 Å². The van der Waals surface area contributed by atoms with Gasteiger partial charge in [0.25, 0.3) is 0 Å². The number of fused-ring (bicyclic) bond motifs is 1. The van der Waals surface area contributed by atoms with Gasteiger partial charge in [-0.1, -0.05) is 6.07 Å². The quantitative estimate of drug-likeness (QED) is 0.185. The lowest BCUT2D eigenvalue weighted by atomic mass is 10.0. The first-order valence-corrected chi connectivity index (χ1v) is 15.7. The lowest BCUT2D eigenvalue weighted by Crippen LogP contribution is -2.34. The molecule has 4 aromatic rings. The second kappa shape index (κ2) is 13.7. The van der Waals surface area contributed by atoms with E-state index in [1.807, 2.05) is 18.2 Å². The molecule has 0 radical (unpaired) electrons. The number of carbonyl (C=O) groups excluding carboxylic acids is 2. The lowest BCUT2D eigenvalue weighted by molar-refractivity contribution is -0.122. The molecule has 4 rings (SSSR count). The molecule has 3 aromatic carbocycles. The van der Waals surface area contributed by atoms with Crippen LogP contribution < -0.4 is 31.2 Å². The Hall–Kier alpha value is -5.04. The zero-order valence-electron chi connectivity index (χ0n) is 26.0. The van der Waals surface area contributed by atoms with Crippen LogP contribution in [0.4, 0.5) is 22.0 Å². The number of benzene rings is 3.